The molecule has 0 bridgehead atoms. The number of nitrogens with two attached hydrogens (primary N) is 1. The summed E-state index contributed by atoms with van der Waals surface area (Å²) in [6, 6.07) is 8.95. The number of methoxy groups -OCH3 is 1. The summed E-state index contributed by atoms with van der Waals surface area (Å²) in [6.45, 7) is 5.50. The molecule has 106 valence electrons. The van der Waals surface area contributed by atoms with Crippen molar-refractivity contribution in [2.45, 2.75) is 45.6 Å². The Labute approximate surface area is 117 Å². The number of hydrogen-bond acceptors (Lipinski definition) is 2. The van der Waals surface area contributed by atoms with Crippen molar-refractivity contribution in [2.75, 3.05) is 13.7 Å². The molecule has 0 saturated heterocycles. The molecule has 1 fully saturated rings. The lowest BCUT2D eigenvalue weighted by atomic mass is 9.76. The number of ether oxygens (including phenoxy) is 1. The highest BCUT2D eigenvalue weighted by molar-refractivity contribution is 5.26. The Balaban J connectivity index is 2.05. The average Bonchev–Trinajstić information content (AvgIpc) is 2.76. The van der Waals surface area contributed by atoms with Crippen molar-refractivity contribution in [3.63, 3.8) is 0 Å². The molecular formula is C17H27NO. The van der Waals surface area contributed by atoms with Gasteiger partial charge in [0, 0.05) is 13.2 Å². The molecule has 2 heteroatoms. The molecule has 19 heavy (non-hydrogen) atoms. The SMILES string of the molecule is COCCc1ccc(C(N)C2CCCC2(C)C)cc1. The maximum absolute atomic E-state index is 6.50. The highest BCUT2D eigenvalue weighted by atomic mass is 16.5. The normalized spacial score (nSPS) is 23.5. The lowest BCUT2D eigenvalue weighted by Gasteiger charge is -2.32. The van der Waals surface area contributed by atoms with E-state index in [4.69, 9.17) is 10.5 Å². The van der Waals surface area contributed by atoms with Gasteiger partial charge in [-0.2, -0.15) is 0 Å². The van der Waals surface area contributed by atoms with Crippen molar-refractivity contribution < 1.29 is 4.74 Å². The van der Waals surface area contributed by atoms with Crippen LogP contribution in [-0.4, -0.2) is 13.7 Å². The van der Waals surface area contributed by atoms with Gasteiger partial charge in [-0.25, -0.2) is 0 Å². The van der Waals surface area contributed by atoms with Crippen LogP contribution in [-0.2, 0) is 11.2 Å². The molecule has 2 nitrogen and oxygen atoms in total. The van der Waals surface area contributed by atoms with Crippen molar-refractivity contribution in [1.29, 1.82) is 0 Å². The maximum Gasteiger partial charge on any atom is 0.0502 e. The van der Waals surface area contributed by atoms with Crippen molar-refractivity contribution in [2.24, 2.45) is 17.1 Å². The highest BCUT2D eigenvalue weighted by Crippen LogP contribution is 2.47. The fourth-order valence-electron chi connectivity index (χ4n) is 3.38. The molecule has 2 N–H and O–H groups in total. The Morgan fingerprint density at radius 3 is 2.53 bits per heavy atom. The molecular weight excluding hydrogens is 234 g/mol. The van der Waals surface area contributed by atoms with E-state index < -0.39 is 0 Å². The summed E-state index contributed by atoms with van der Waals surface area (Å²) in [5, 5.41) is 0. The van der Waals surface area contributed by atoms with Gasteiger partial charge in [0.2, 0.25) is 0 Å². The molecule has 0 aliphatic heterocycles. The van der Waals surface area contributed by atoms with E-state index in [1.54, 1.807) is 7.11 Å². The summed E-state index contributed by atoms with van der Waals surface area (Å²) >= 11 is 0. The summed E-state index contributed by atoms with van der Waals surface area (Å²) in [7, 11) is 1.74. The standard InChI is InChI=1S/C17H27NO/c1-17(2)11-4-5-15(17)16(18)14-8-6-13(7-9-14)10-12-19-3/h6-9,15-16H,4-5,10-12,18H2,1-3H3. The van der Waals surface area contributed by atoms with Gasteiger partial charge in [0.1, 0.15) is 0 Å². The van der Waals surface area contributed by atoms with Gasteiger partial charge in [-0.3, -0.25) is 0 Å². The Morgan fingerprint density at radius 2 is 2.00 bits per heavy atom. The molecule has 0 radical (unpaired) electrons. The smallest absolute Gasteiger partial charge is 0.0502 e. The zero-order valence-corrected chi connectivity index (χ0v) is 12.5. The second-order valence-electron chi connectivity index (χ2n) is 6.50. The van der Waals surface area contributed by atoms with Crippen LogP contribution in [0.5, 0.6) is 0 Å². The molecule has 1 aliphatic rings. The second-order valence-corrected chi connectivity index (χ2v) is 6.50. The fourth-order valence-corrected chi connectivity index (χ4v) is 3.38. The van der Waals surface area contributed by atoms with E-state index in [1.807, 2.05) is 0 Å². The van der Waals surface area contributed by atoms with Gasteiger partial charge in [-0.15, -0.1) is 0 Å². The zero-order valence-electron chi connectivity index (χ0n) is 12.5. The predicted molar refractivity (Wildman–Crippen MR) is 80.1 cm³/mol. The molecule has 0 spiro atoms. The molecule has 1 aliphatic carbocycles. The van der Waals surface area contributed by atoms with Gasteiger partial charge in [0.25, 0.3) is 0 Å². The van der Waals surface area contributed by atoms with E-state index in [1.165, 1.54) is 30.4 Å². The van der Waals surface area contributed by atoms with E-state index in [9.17, 15) is 0 Å². The van der Waals surface area contributed by atoms with Crippen LogP contribution in [0, 0.1) is 11.3 Å². The highest BCUT2D eigenvalue weighted by Gasteiger charge is 2.38. The quantitative estimate of drug-likeness (QED) is 0.877. The number of hydrogen-bond donors (Lipinski definition) is 1. The van der Waals surface area contributed by atoms with Crippen molar-refractivity contribution in [3.8, 4) is 0 Å². The largest absolute Gasteiger partial charge is 0.384 e. The number of rotatable bonds is 5. The van der Waals surface area contributed by atoms with Crippen molar-refractivity contribution >= 4 is 0 Å². The molecule has 0 aromatic heterocycles. The summed E-state index contributed by atoms with van der Waals surface area (Å²) in [5.74, 6) is 0.609. The molecule has 2 unspecified atom stereocenters. The van der Waals surface area contributed by atoms with Crippen molar-refractivity contribution in [3.05, 3.63) is 35.4 Å². The molecule has 0 heterocycles. The summed E-state index contributed by atoms with van der Waals surface area (Å²) in [4.78, 5) is 0. The van der Waals surface area contributed by atoms with Gasteiger partial charge in [0.05, 0.1) is 6.61 Å². The van der Waals surface area contributed by atoms with Gasteiger partial charge in [0.15, 0.2) is 0 Å². The molecule has 1 aromatic carbocycles. The van der Waals surface area contributed by atoms with E-state index >= 15 is 0 Å². The molecule has 0 amide bonds. The minimum Gasteiger partial charge on any atom is -0.384 e. The topological polar surface area (TPSA) is 35.2 Å². The second kappa shape index (κ2) is 6.06. The van der Waals surface area contributed by atoms with Gasteiger partial charge in [-0.05, 0) is 41.7 Å². The van der Waals surface area contributed by atoms with E-state index in [2.05, 4.69) is 38.1 Å². The van der Waals surface area contributed by atoms with Crippen LogP contribution in [0.4, 0.5) is 0 Å². The first-order valence-corrected chi connectivity index (χ1v) is 7.38. The van der Waals surface area contributed by atoms with Crippen molar-refractivity contribution in [1.82, 2.24) is 0 Å². The Morgan fingerprint density at radius 1 is 1.32 bits per heavy atom. The van der Waals surface area contributed by atoms with Crippen LogP contribution >= 0.6 is 0 Å². The molecule has 2 rings (SSSR count). The third-order valence-corrected chi connectivity index (χ3v) is 4.73. The van der Waals surface area contributed by atoms with Crippen LogP contribution in [0.25, 0.3) is 0 Å². The van der Waals surface area contributed by atoms with Crippen LogP contribution < -0.4 is 5.73 Å². The van der Waals surface area contributed by atoms with E-state index in [0.717, 1.165) is 13.0 Å². The first-order chi connectivity index (χ1) is 9.04. The number of benzene rings is 1. The zero-order chi connectivity index (χ0) is 13.9. The van der Waals surface area contributed by atoms with Gasteiger partial charge in [-0.1, -0.05) is 44.5 Å². The first kappa shape index (κ1) is 14.5. The lowest BCUT2D eigenvalue weighted by molar-refractivity contribution is 0.202. The predicted octanol–water partition coefficient (Wildman–Crippen LogP) is 3.70. The fraction of sp³-hybridized carbons (Fsp3) is 0.647. The van der Waals surface area contributed by atoms with E-state index in [-0.39, 0.29) is 6.04 Å². The Kier molecular flexibility index (Phi) is 4.64. The minimum atomic E-state index is 0.175. The Hall–Kier alpha value is -0.860. The van der Waals surface area contributed by atoms with E-state index in [0.29, 0.717) is 11.3 Å². The van der Waals surface area contributed by atoms with Crippen LogP contribution in [0.3, 0.4) is 0 Å². The molecule has 2 atom stereocenters. The van der Waals surface area contributed by atoms with Crippen LogP contribution in [0.15, 0.2) is 24.3 Å². The molecule has 1 saturated carbocycles. The average molecular weight is 261 g/mol. The maximum atomic E-state index is 6.50. The van der Waals surface area contributed by atoms with Gasteiger partial charge < -0.3 is 10.5 Å². The van der Waals surface area contributed by atoms with Crippen LogP contribution in [0.1, 0.15) is 50.3 Å². The Bertz CT molecular complexity index is 396. The third kappa shape index (κ3) is 3.37. The summed E-state index contributed by atoms with van der Waals surface area (Å²) in [5.41, 5.74) is 9.49. The summed E-state index contributed by atoms with van der Waals surface area (Å²) in [6.07, 6.45) is 4.86. The molecule has 1 aromatic rings. The first-order valence-electron chi connectivity index (χ1n) is 7.38. The summed E-state index contributed by atoms with van der Waals surface area (Å²) < 4.78 is 5.11. The lowest BCUT2D eigenvalue weighted by Crippen LogP contribution is -2.29. The van der Waals surface area contributed by atoms with Crippen LogP contribution in [0.2, 0.25) is 0 Å². The minimum absolute atomic E-state index is 0.175. The monoisotopic (exact) mass is 261 g/mol. The van der Waals surface area contributed by atoms with Gasteiger partial charge >= 0.3 is 0 Å². The third-order valence-electron chi connectivity index (χ3n) is 4.73.